The third-order valence-electron chi connectivity index (χ3n) is 3.56. The standard InChI is InChI=1S/C16H12N6OS/c17-8-13-15(18)21-22-14(19-20-16(22)24-13)9-23-12-6-5-10-3-1-2-4-11(10)7-12/h1-7,21H,9,18H2. The van der Waals surface area contributed by atoms with Crippen LogP contribution in [-0.2, 0) is 6.61 Å². The van der Waals surface area contributed by atoms with E-state index in [-0.39, 0.29) is 12.4 Å². The normalized spacial score (nSPS) is 13.3. The molecule has 0 saturated carbocycles. The molecule has 24 heavy (non-hydrogen) atoms. The van der Waals surface area contributed by atoms with Crippen molar-refractivity contribution in [1.82, 2.24) is 14.9 Å². The summed E-state index contributed by atoms with van der Waals surface area (Å²) in [6.07, 6.45) is 0. The monoisotopic (exact) mass is 336 g/mol. The number of benzene rings is 2. The van der Waals surface area contributed by atoms with Crippen LogP contribution in [-0.4, -0.2) is 14.9 Å². The van der Waals surface area contributed by atoms with Gasteiger partial charge >= 0.3 is 0 Å². The summed E-state index contributed by atoms with van der Waals surface area (Å²) in [4.78, 5) is 0.372. The van der Waals surface area contributed by atoms with E-state index in [0.717, 1.165) is 16.5 Å². The van der Waals surface area contributed by atoms with Gasteiger partial charge in [-0.2, -0.15) is 5.26 Å². The van der Waals surface area contributed by atoms with Crippen molar-refractivity contribution in [3.63, 3.8) is 0 Å². The van der Waals surface area contributed by atoms with Crippen LogP contribution in [0.4, 0.5) is 0 Å². The molecule has 0 atom stereocenters. The van der Waals surface area contributed by atoms with Crippen molar-refractivity contribution >= 4 is 22.5 Å². The zero-order chi connectivity index (χ0) is 16.5. The predicted molar refractivity (Wildman–Crippen MR) is 90.3 cm³/mol. The van der Waals surface area contributed by atoms with Crippen LogP contribution in [0, 0.1) is 11.3 Å². The first-order valence-corrected chi connectivity index (χ1v) is 7.97. The van der Waals surface area contributed by atoms with Gasteiger partial charge in [0.05, 0.1) is 0 Å². The van der Waals surface area contributed by atoms with Crippen molar-refractivity contribution in [3.05, 3.63) is 59.0 Å². The van der Waals surface area contributed by atoms with Crippen molar-refractivity contribution in [2.45, 2.75) is 11.8 Å². The number of nitrogens with two attached hydrogens (primary N) is 1. The second-order valence-electron chi connectivity index (χ2n) is 5.10. The van der Waals surface area contributed by atoms with E-state index in [0.29, 0.717) is 15.9 Å². The Balaban J connectivity index is 1.54. The highest BCUT2D eigenvalue weighted by Crippen LogP contribution is 2.29. The number of hydrogen-bond donors (Lipinski definition) is 2. The first kappa shape index (κ1) is 14.4. The lowest BCUT2D eigenvalue weighted by Gasteiger charge is -2.17. The molecule has 0 aliphatic carbocycles. The van der Waals surface area contributed by atoms with Crippen LogP contribution >= 0.6 is 11.8 Å². The van der Waals surface area contributed by atoms with E-state index in [1.165, 1.54) is 11.8 Å². The van der Waals surface area contributed by atoms with E-state index in [4.69, 9.17) is 15.7 Å². The van der Waals surface area contributed by atoms with Crippen LogP contribution in [0.3, 0.4) is 0 Å². The molecule has 1 aliphatic heterocycles. The Bertz CT molecular complexity index is 1000. The van der Waals surface area contributed by atoms with Gasteiger partial charge in [0.25, 0.3) is 0 Å². The molecule has 0 amide bonds. The van der Waals surface area contributed by atoms with Gasteiger partial charge in [-0.3, -0.25) is 5.43 Å². The maximum atomic E-state index is 9.00. The number of hydrogen-bond acceptors (Lipinski definition) is 7. The van der Waals surface area contributed by atoms with E-state index in [1.807, 2.05) is 42.5 Å². The predicted octanol–water partition coefficient (Wildman–Crippen LogP) is 2.31. The fourth-order valence-electron chi connectivity index (χ4n) is 2.38. The van der Waals surface area contributed by atoms with Gasteiger partial charge in [0.1, 0.15) is 29.2 Å². The van der Waals surface area contributed by atoms with Crippen molar-refractivity contribution in [3.8, 4) is 11.8 Å². The van der Waals surface area contributed by atoms with Gasteiger partial charge in [0, 0.05) is 0 Å². The Hall–Kier alpha value is -3.18. The van der Waals surface area contributed by atoms with E-state index < -0.39 is 0 Å². The molecule has 4 rings (SSSR count). The summed E-state index contributed by atoms with van der Waals surface area (Å²) in [6, 6.07) is 16.0. The largest absolute Gasteiger partial charge is 0.486 e. The summed E-state index contributed by atoms with van der Waals surface area (Å²) in [6.45, 7) is 0.230. The number of nitrogens with zero attached hydrogens (tertiary/aromatic N) is 4. The molecule has 1 aromatic heterocycles. The molecule has 3 N–H and O–H groups in total. The molecule has 0 radical (unpaired) electrons. The summed E-state index contributed by atoms with van der Waals surface area (Å²) >= 11 is 1.17. The van der Waals surface area contributed by atoms with Gasteiger partial charge in [-0.1, -0.05) is 30.3 Å². The quantitative estimate of drug-likeness (QED) is 0.756. The molecular formula is C16H12N6OS. The lowest BCUT2D eigenvalue weighted by molar-refractivity contribution is 0.291. The summed E-state index contributed by atoms with van der Waals surface area (Å²) in [5.41, 5.74) is 8.71. The average Bonchev–Trinajstić information content (AvgIpc) is 3.00. The van der Waals surface area contributed by atoms with Crippen LogP contribution in [0.15, 0.2) is 58.3 Å². The SMILES string of the molecule is N#CC1=C(N)Nn2c(COc3ccc4ccccc4c3)nnc2S1. The molecule has 7 nitrogen and oxygen atoms in total. The van der Waals surface area contributed by atoms with Gasteiger partial charge in [-0.15, -0.1) is 10.2 Å². The van der Waals surface area contributed by atoms with Crippen molar-refractivity contribution in [1.29, 1.82) is 5.26 Å². The Labute approximate surface area is 141 Å². The van der Waals surface area contributed by atoms with Crippen molar-refractivity contribution < 1.29 is 4.74 Å². The molecule has 0 spiro atoms. The van der Waals surface area contributed by atoms with Crippen LogP contribution in [0.2, 0.25) is 0 Å². The number of allylic oxidation sites excluding steroid dienone is 1. The number of rotatable bonds is 3. The number of aromatic nitrogens is 3. The summed E-state index contributed by atoms with van der Waals surface area (Å²) in [5, 5.41) is 20.0. The number of thioether (sulfide) groups is 1. The molecule has 0 fully saturated rings. The second kappa shape index (κ2) is 5.79. The smallest absolute Gasteiger partial charge is 0.216 e. The maximum absolute atomic E-state index is 9.00. The number of fused-ring (bicyclic) bond motifs is 2. The van der Waals surface area contributed by atoms with Gasteiger partial charge in [0.15, 0.2) is 5.82 Å². The van der Waals surface area contributed by atoms with E-state index in [9.17, 15) is 0 Å². The minimum Gasteiger partial charge on any atom is -0.486 e. The van der Waals surface area contributed by atoms with Crippen LogP contribution in [0.5, 0.6) is 5.75 Å². The van der Waals surface area contributed by atoms with Crippen molar-refractivity contribution in [2.75, 3.05) is 5.43 Å². The van der Waals surface area contributed by atoms with Gasteiger partial charge in [-0.25, -0.2) is 4.68 Å². The molecule has 0 unspecified atom stereocenters. The van der Waals surface area contributed by atoms with Crippen LogP contribution < -0.4 is 15.9 Å². The fourth-order valence-corrected chi connectivity index (χ4v) is 3.09. The van der Waals surface area contributed by atoms with Crippen LogP contribution in [0.25, 0.3) is 10.8 Å². The minimum absolute atomic E-state index is 0.230. The van der Waals surface area contributed by atoms with E-state index in [1.54, 1.807) is 4.68 Å². The highest BCUT2D eigenvalue weighted by atomic mass is 32.2. The number of nitrogens with one attached hydrogen (secondary N) is 1. The minimum atomic E-state index is 0.230. The lowest BCUT2D eigenvalue weighted by atomic mass is 10.1. The highest BCUT2D eigenvalue weighted by Gasteiger charge is 2.22. The molecule has 1 aliphatic rings. The first-order chi connectivity index (χ1) is 11.7. The maximum Gasteiger partial charge on any atom is 0.216 e. The second-order valence-corrected chi connectivity index (χ2v) is 6.08. The molecular weight excluding hydrogens is 324 g/mol. The Morgan fingerprint density at radius 3 is 2.88 bits per heavy atom. The number of ether oxygens (including phenoxy) is 1. The van der Waals surface area contributed by atoms with Gasteiger partial charge in [0.2, 0.25) is 5.16 Å². The van der Waals surface area contributed by atoms with Gasteiger partial charge < -0.3 is 10.5 Å². The molecule has 118 valence electrons. The Kier molecular flexibility index (Phi) is 3.48. The fraction of sp³-hybridized carbons (Fsp3) is 0.0625. The van der Waals surface area contributed by atoms with Crippen molar-refractivity contribution in [2.24, 2.45) is 5.73 Å². The summed E-state index contributed by atoms with van der Waals surface area (Å²) < 4.78 is 7.45. The van der Waals surface area contributed by atoms with Gasteiger partial charge in [-0.05, 0) is 34.7 Å². The molecule has 0 saturated heterocycles. The summed E-state index contributed by atoms with van der Waals surface area (Å²) in [5.74, 6) is 1.60. The zero-order valence-corrected chi connectivity index (χ0v) is 13.2. The lowest BCUT2D eigenvalue weighted by Crippen LogP contribution is -2.27. The Morgan fingerprint density at radius 1 is 1.21 bits per heavy atom. The van der Waals surface area contributed by atoms with E-state index >= 15 is 0 Å². The Morgan fingerprint density at radius 2 is 2.04 bits per heavy atom. The molecule has 3 aromatic rings. The highest BCUT2D eigenvalue weighted by molar-refractivity contribution is 8.03. The molecule has 8 heteroatoms. The molecule has 2 heterocycles. The summed E-state index contributed by atoms with van der Waals surface area (Å²) in [7, 11) is 0. The zero-order valence-electron chi connectivity index (χ0n) is 12.4. The van der Waals surface area contributed by atoms with E-state index in [2.05, 4.69) is 21.7 Å². The topological polar surface area (TPSA) is 102 Å². The van der Waals surface area contributed by atoms with Crippen LogP contribution in [0.1, 0.15) is 5.82 Å². The molecule has 2 aromatic carbocycles. The number of nitriles is 1. The third kappa shape index (κ3) is 2.51. The third-order valence-corrected chi connectivity index (χ3v) is 4.52. The molecule has 0 bridgehead atoms. The first-order valence-electron chi connectivity index (χ1n) is 7.15. The average molecular weight is 336 g/mol.